The van der Waals surface area contributed by atoms with Crippen LogP contribution >= 0.6 is 0 Å². The highest BCUT2D eigenvalue weighted by Gasteiger charge is 2.17. The average molecular weight is 583 g/mol. The summed E-state index contributed by atoms with van der Waals surface area (Å²) in [4.78, 5) is 19.2. The second-order valence-electron chi connectivity index (χ2n) is 12.1. The summed E-state index contributed by atoms with van der Waals surface area (Å²) in [5.74, 6) is 1.02. The first-order valence-electron chi connectivity index (χ1n) is 15.6. The van der Waals surface area contributed by atoms with E-state index in [4.69, 9.17) is 23.7 Å². The Bertz CT molecular complexity index is 1250. The van der Waals surface area contributed by atoms with E-state index in [0.717, 1.165) is 42.5 Å². The first-order chi connectivity index (χ1) is 20.4. The molecule has 1 N–H and O–H groups in total. The van der Waals surface area contributed by atoms with E-state index in [2.05, 4.69) is 43.6 Å². The van der Waals surface area contributed by atoms with Crippen molar-refractivity contribution in [1.82, 2.24) is 9.88 Å². The van der Waals surface area contributed by atoms with Crippen LogP contribution in [0, 0.1) is 11.8 Å². The van der Waals surface area contributed by atoms with E-state index in [1.54, 1.807) is 0 Å². The van der Waals surface area contributed by atoms with Crippen LogP contribution in [0.15, 0.2) is 47.3 Å². The molecule has 3 aromatic rings. The Balaban J connectivity index is 1.53. The molecule has 4 rings (SSSR count). The summed E-state index contributed by atoms with van der Waals surface area (Å²) in [6.45, 7) is 15.4. The topological polar surface area (TPSA) is 82.3 Å². The number of ether oxygens (including phenoxy) is 5. The summed E-state index contributed by atoms with van der Waals surface area (Å²) in [6, 6.07) is 13.7. The van der Waals surface area contributed by atoms with E-state index in [1.165, 1.54) is 0 Å². The van der Waals surface area contributed by atoms with E-state index in [1.807, 2.05) is 36.4 Å². The fraction of sp³-hybridized carbons (Fsp3) is 0.618. The van der Waals surface area contributed by atoms with Gasteiger partial charge in [0.15, 0.2) is 5.43 Å². The van der Waals surface area contributed by atoms with Crippen LogP contribution in [0.2, 0.25) is 0 Å². The Morgan fingerprint density at radius 2 is 1.31 bits per heavy atom. The Kier molecular flexibility index (Phi) is 13.3. The molecule has 2 atom stereocenters. The SMILES string of the molecule is CC(C)C[C@H]1COCCOCCOC[C@H](CC(C)C)OCCN(Cc2cccc3c(=O)c4ccccc4[nH]c23)CCO1. The summed E-state index contributed by atoms with van der Waals surface area (Å²) in [5.41, 5.74) is 2.89. The van der Waals surface area contributed by atoms with Crippen LogP contribution in [0.25, 0.3) is 21.8 Å². The summed E-state index contributed by atoms with van der Waals surface area (Å²) in [6.07, 6.45) is 1.93. The number of fused-ring (bicyclic) bond motifs is 2. The zero-order valence-electron chi connectivity index (χ0n) is 25.9. The predicted octanol–water partition coefficient (Wildman–Crippen LogP) is 5.41. The number of aromatic nitrogens is 1. The van der Waals surface area contributed by atoms with Gasteiger partial charge in [-0.1, -0.05) is 52.0 Å². The molecular weight excluding hydrogens is 532 g/mol. The fourth-order valence-electron chi connectivity index (χ4n) is 5.53. The number of nitrogens with zero attached hydrogens (tertiary/aromatic N) is 1. The Labute approximate surface area is 250 Å². The Morgan fingerprint density at radius 3 is 1.93 bits per heavy atom. The third kappa shape index (κ3) is 10.1. The molecule has 42 heavy (non-hydrogen) atoms. The molecule has 1 aliphatic heterocycles. The third-order valence-electron chi connectivity index (χ3n) is 7.56. The van der Waals surface area contributed by atoms with Gasteiger partial charge >= 0.3 is 0 Å². The van der Waals surface area contributed by atoms with Gasteiger partial charge in [0.2, 0.25) is 0 Å². The molecule has 2 heterocycles. The average Bonchev–Trinajstić information content (AvgIpc) is 2.95. The number of aromatic amines is 1. The highest BCUT2D eigenvalue weighted by Crippen LogP contribution is 2.20. The van der Waals surface area contributed by atoms with Gasteiger partial charge in [-0.05, 0) is 48.4 Å². The van der Waals surface area contributed by atoms with Gasteiger partial charge in [0.1, 0.15) is 0 Å². The van der Waals surface area contributed by atoms with Gasteiger partial charge in [0.05, 0.1) is 70.6 Å². The predicted molar refractivity (Wildman–Crippen MR) is 168 cm³/mol. The maximum Gasteiger partial charge on any atom is 0.197 e. The van der Waals surface area contributed by atoms with Crippen molar-refractivity contribution in [2.45, 2.75) is 59.3 Å². The Morgan fingerprint density at radius 1 is 0.738 bits per heavy atom. The lowest BCUT2D eigenvalue weighted by Gasteiger charge is -2.27. The highest BCUT2D eigenvalue weighted by atomic mass is 16.6. The van der Waals surface area contributed by atoms with Crippen LogP contribution < -0.4 is 5.43 Å². The summed E-state index contributed by atoms with van der Waals surface area (Å²) >= 11 is 0. The molecule has 0 radical (unpaired) electrons. The number of hydrogen-bond donors (Lipinski definition) is 1. The van der Waals surface area contributed by atoms with Crippen LogP contribution in [0.4, 0.5) is 0 Å². The normalized spacial score (nSPS) is 21.6. The maximum absolute atomic E-state index is 13.3. The molecule has 0 bridgehead atoms. The van der Waals surface area contributed by atoms with Crippen LogP contribution in [0.3, 0.4) is 0 Å². The Hall–Kier alpha value is -2.33. The molecule has 1 saturated heterocycles. The van der Waals surface area contributed by atoms with Crippen molar-refractivity contribution in [1.29, 1.82) is 0 Å². The number of rotatable bonds is 6. The minimum atomic E-state index is 0.0287. The van der Waals surface area contributed by atoms with Crippen molar-refractivity contribution in [2.75, 3.05) is 65.9 Å². The molecule has 8 heteroatoms. The summed E-state index contributed by atoms with van der Waals surface area (Å²) < 4.78 is 30.3. The molecule has 232 valence electrons. The van der Waals surface area contributed by atoms with Gasteiger partial charge in [-0.3, -0.25) is 9.69 Å². The van der Waals surface area contributed by atoms with Gasteiger partial charge in [0, 0.05) is 35.9 Å². The summed E-state index contributed by atoms with van der Waals surface area (Å²) in [7, 11) is 0. The lowest BCUT2D eigenvalue weighted by atomic mass is 10.1. The monoisotopic (exact) mass is 582 g/mol. The number of pyridine rings is 1. The lowest BCUT2D eigenvalue weighted by molar-refractivity contribution is -0.0648. The molecule has 2 aromatic carbocycles. The molecule has 1 fully saturated rings. The minimum Gasteiger partial charge on any atom is -0.377 e. The second-order valence-corrected chi connectivity index (χ2v) is 12.1. The molecule has 1 aliphatic rings. The maximum atomic E-state index is 13.3. The molecule has 1 aromatic heterocycles. The number of nitrogens with one attached hydrogen (secondary N) is 1. The van der Waals surface area contributed by atoms with E-state index in [-0.39, 0.29) is 17.6 Å². The van der Waals surface area contributed by atoms with E-state index in [9.17, 15) is 4.79 Å². The van der Waals surface area contributed by atoms with E-state index in [0.29, 0.717) is 82.0 Å². The quantitative estimate of drug-likeness (QED) is 0.389. The van der Waals surface area contributed by atoms with Crippen molar-refractivity contribution in [3.05, 3.63) is 58.3 Å². The van der Waals surface area contributed by atoms with Crippen molar-refractivity contribution >= 4 is 21.8 Å². The van der Waals surface area contributed by atoms with Gasteiger partial charge < -0.3 is 28.7 Å². The number of para-hydroxylation sites is 2. The first kappa shape index (κ1) is 32.6. The zero-order valence-corrected chi connectivity index (χ0v) is 25.9. The largest absolute Gasteiger partial charge is 0.377 e. The summed E-state index contributed by atoms with van der Waals surface area (Å²) in [5, 5.41) is 1.43. The van der Waals surface area contributed by atoms with Crippen LogP contribution in [0.5, 0.6) is 0 Å². The van der Waals surface area contributed by atoms with Gasteiger partial charge in [-0.15, -0.1) is 0 Å². The number of H-pyrrole nitrogens is 1. The molecule has 0 amide bonds. The van der Waals surface area contributed by atoms with Gasteiger partial charge in [-0.25, -0.2) is 0 Å². The number of benzene rings is 2. The molecule has 0 spiro atoms. The van der Waals surface area contributed by atoms with Crippen LogP contribution in [0.1, 0.15) is 46.1 Å². The third-order valence-corrected chi connectivity index (χ3v) is 7.56. The fourth-order valence-corrected chi connectivity index (χ4v) is 5.53. The minimum absolute atomic E-state index is 0.0287. The first-order valence-corrected chi connectivity index (χ1v) is 15.6. The second kappa shape index (κ2) is 17.1. The standard InChI is InChI=1S/C34H50N2O6/c1-25(2)20-28-23-39-18-16-38-17-19-40-24-29(21-26(3)4)42-15-13-36(12-14-41-28)22-27-8-7-10-31-33(27)35-32-11-6-5-9-30(32)34(31)37/h5-11,25-26,28-29H,12-24H2,1-4H3,(H,35,37)/t28-,29-/m0/s1. The smallest absolute Gasteiger partial charge is 0.197 e. The van der Waals surface area contributed by atoms with Crippen molar-refractivity contribution < 1.29 is 23.7 Å². The van der Waals surface area contributed by atoms with Crippen molar-refractivity contribution in [3.63, 3.8) is 0 Å². The van der Waals surface area contributed by atoms with Gasteiger partial charge in [-0.2, -0.15) is 0 Å². The molecule has 8 nitrogen and oxygen atoms in total. The number of hydrogen-bond acceptors (Lipinski definition) is 7. The van der Waals surface area contributed by atoms with Crippen LogP contribution in [-0.2, 0) is 30.2 Å². The molecule has 0 saturated carbocycles. The molecular formula is C34H50N2O6. The molecule has 0 aliphatic carbocycles. The van der Waals surface area contributed by atoms with Crippen LogP contribution in [-0.4, -0.2) is 88.0 Å². The van der Waals surface area contributed by atoms with E-state index >= 15 is 0 Å². The van der Waals surface area contributed by atoms with E-state index < -0.39 is 0 Å². The lowest BCUT2D eigenvalue weighted by Crippen LogP contribution is -2.34. The van der Waals surface area contributed by atoms with Gasteiger partial charge in [0.25, 0.3) is 0 Å². The van der Waals surface area contributed by atoms with Crippen molar-refractivity contribution in [2.24, 2.45) is 11.8 Å². The van der Waals surface area contributed by atoms with Crippen molar-refractivity contribution in [3.8, 4) is 0 Å². The zero-order chi connectivity index (χ0) is 29.7. The molecule has 0 unspecified atom stereocenters. The highest BCUT2D eigenvalue weighted by molar-refractivity contribution is 5.93.